The van der Waals surface area contributed by atoms with Crippen molar-refractivity contribution in [1.82, 2.24) is 4.98 Å². The molecule has 0 saturated heterocycles. The van der Waals surface area contributed by atoms with E-state index in [-0.39, 0.29) is 12.3 Å². The highest BCUT2D eigenvalue weighted by molar-refractivity contribution is 7.22. The summed E-state index contributed by atoms with van der Waals surface area (Å²) in [7, 11) is 0. The molecular weight excluding hydrogens is 338 g/mol. The average molecular weight is 349 g/mol. The lowest BCUT2D eigenvalue weighted by Crippen LogP contribution is -2.14. The number of nitrogens with one attached hydrogen (secondary N) is 1. The zero-order valence-corrected chi connectivity index (χ0v) is 13.7. The Morgan fingerprint density at radius 1 is 1.18 bits per heavy atom. The molecule has 22 heavy (non-hydrogen) atoms. The number of carbonyl (C=O) groups excluding carboxylic acids is 2. The van der Waals surface area contributed by atoms with Crippen LogP contribution in [0.3, 0.4) is 0 Å². The Hall–Kier alpha value is -2.03. The highest BCUT2D eigenvalue weighted by atomic mass is 32.1. The molecule has 8 heteroatoms. The molecule has 0 aliphatic heterocycles. The summed E-state index contributed by atoms with van der Waals surface area (Å²) in [4.78, 5) is 30.0. The minimum atomic E-state index is -0.443. The smallest absolute Gasteiger partial charge is 0.267 e. The molecule has 3 aromatic rings. The molecule has 2 amide bonds. The molecule has 5 nitrogen and oxygen atoms in total. The van der Waals surface area contributed by atoms with E-state index in [2.05, 4.69) is 10.3 Å². The first-order valence-corrected chi connectivity index (χ1v) is 8.87. The van der Waals surface area contributed by atoms with Gasteiger partial charge in [-0.15, -0.1) is 34.0 Å². The highest BCUT2D eigenvalue weighted by Gasteiger charge is 2.13. The van der Waals surface area contributed by atoms with Crippen LogP contribution in [0.4, 0.5) is 5.13 Å². The second-order valence-corrected chi connectivity index (χ2v) is 7.27. The zero-order chi connectivity index (χ0) is 15.5. The van der Waals surface area contributed by atoms with Gasteiger partial charge in [0.05, 0.1) is 17.0 Å². The summed E-state index contributed by atoms with van der Waals surface area (Å²) in [5, 5.41) is 6.92. The van der Waals surface area contributed by atoms with Gasteiger partial charge in [-0.25, -0.2) is 4.98 Å². The summed E-state index contributed by atoms with van der Waals surface area (Å²) in [6.45, 7) is 0. The van der Waals surface area contributed by atoms with Gasteiger partial charge in [0, 0.05) is 15.1 Å². The van der Waals surface area contributed by atoms with Gasteiger partial charge >= 0.3 is 0 Å². The van der Waals surface area contributed by atoms with Crippen molar-refractivity contribution in [1.29, 1.82) is 0 Å². The normalized spacial score (nSPS) is 10.5. The van der Waals surface area contributed by atoms with Crippen molar-refractivity contribution in [3.63, 3.8) is 0 Å². The molecule has 0 unspecified atom stereocenters. The van der Waals surface area contributed by atoms with Gasteiger partial charge in [0.15, 0.2) is 5.13 Å². The molecule has 0 radical (unpaired) electrons. The Morgan fingerprint density at radius 3 is 2.77 bits per heavy atom. The number of hydrogen-bond donors (Lipinski definition) is 2. The molecule has 0 bridgehead atoms. The third kappa shape index (κ3) is 3.41. The number of primary amides is 1. The fraction of sp³-hybridized carbons (Fsp3) is 0.0714. The molecule has 0 saturated carbocycles. The van der Waals surface area contributed by atoms with Crippen molar-refractivity contribution in [3.8, 4) is 9.75 Å². The Balaban J connectivity index is 1.69. The average Bonchev–Trinajstić information content (AvgIpc) is 3.19. The van der Waals surface area contributed by atoms with E-state index < -0.39 is 5.91 Å². The van der Waals surface area contributed by atoms with Gasteiger partial charge in [-0.05, 0) is 23.6 Å². The molecule has 112 valence electrons. The predicted octanol–water partition coefficient (Wildman–Crippen LogP) is 3.21. The maximum absolute atomic E-state index is 12.2. The van der Waals surface area contributed by atoms with Gasteiger partial charge in [0.2, 0.25) is 5.91 Å². The molecule has 3 rings (SSSR count). The number of rotatable bonds is 5. The number of aromatic nitrogens is 1. The summed E-state index contributed by atoms with van der Waals surface area (Å²) in [5.41, 5.74) is 5.68. The Bertz CT molecular complexity index is 805. The molecule has 3 N–H and O–H groups in total. The fourth-order valence-electron chi connectivity index (χ4n) is 1.79. The number of nitrogens with zero attached hydrogens (tertiary/aromatic N) is 1. The van der Waals surface area contributed by atoms with Crippen LogP contribution in [0.15, 0.2) is 35.0 Å². The Kier molecular flexibility index (Phi) is 4.32. The van der Waals surface area contributed by atoms with Gasteiger partial charge < -0.3 is 5.73 Å². The van der Waals surface area contributed by atoms with Gasteiger partial charge in [0.1, 0.15) is 0 Å². The Labute approximate surface area is 138 Å². The van der Waals surface area contributed by atoms with Crippen LogP contribution in [0.5, 0.6) is 0 Å². The number of carbonyl (C=O) groups is 2. The predicted molar refractivity (Wildman–Crippen MR) is 90.6 cm³/mol. The minimum absolute atomic E-state index is 0.0773. The topological polar surface area (TPSA) is 85.1 Å². The van der Waals surface area contributed by atoms with E-state index in [0.29, 0.717) is 15.7 Å². The Morgan fingerprint density at radius 2 is 2.05 bits per heavy atom. The monoisotopic (exact) mass is 349 g/mol. The maximum Gasteiger partial charge on any atom is 0.267 e. The quantitative estimate of drug-likeness (QED) is 0.742. The van der Waals surface area contributed by atoms with Gasteiger partial charge in [-0.2, -0.15) is 0 Å². The third-order valence-corrected chi connectivity index (χ3v) is 5.68. The summed E-state index contributed by atoms with van der Waals surface area (Å²) in [5.74, 6) is -0.644. The van der Waals surface area contributed by atoms with Crippen LogP contribution in [0.2, 0.25) is 0 Å². The number of hydrogen-bond acceptors (Lipinski definition) is 6. The highest BCUT2D eigenvalue weighted by Crippen LogP contribution is 2.31. The van der Waals surface area contributed by atoms with Crippen LogP contribution in [-0.4, -0.2) is 16.8 Å². The van der Waals surface area contributed by atoms with Crippen molar-refractivity contribution < 1.29 is 9.59 Å². The number of amides is 2. The van der Waals surface area contributed by atoms with Crippen LogP contribution in [-0.2, 0) is 11.2 Å². The van der Waals surface area contributed by atoms with Crippen molar-refractivity contribution in [2.24, 2.45) is 5.73 Å². The number of thiophene rings is 2. The summed E-state index contributed by atoms with van der Waals surface area (Å²) >= 11 is 4.35. The van der Waals surface area contributed by atoms with Crippen molar-refractivity contribution >= 4 is 51.0 Å². The molecule has 0 aromatic carbocycles. The maximum atomic E-state index is 12.2. The zero-order valence-electron chi connectivity index (χ0n) is 11.2. The molecule has 3 aromatic heterocycles. The van der Waals surface area contributed by atoms with E-state index in [9.17, 15) is 9.59 Å². The third-order valence-electron chi connectivity index (χ3n) is 2.72. The standard InChI is InChI=1S/C14H11N3O2S3/c15-12(18)6-8-7-21-14(16-8)17-13(19)11-4-3-10(22-11)9-2-1-5-20-9/h1-5,7H,6H2,(H2,15,18)(H,16,17,19). The van der Waals surface area contributed by atoms with E-state index in [1.165, 1.54) is 22.7 Å². The largest absolute Gasteiger partial charge is 0.369 e. The molecule has 0 aliphatic rings. The molecule has 0 atom stereocenters. The second-order valence-electron chi connectivity index (χ2n) is 4.38. The van der Waals surface area contributed by atoms with Crippen LogP contribution >= 0.6 is 34.0 Å². The van der Waals surface area contributed by atoms with Crippen LogP contribution in [0.25, 0.3) is 9.75 Å². The van der Waals surface area contributed by atoms with E-state index in [0.717, 1.165) is 9.75 Å². The number of nitrogens with two attached hydrogens (primary N) is 1. The van der Waals surface area contributed by atoms with E-state index in [1.54, 1.807) is 22.8 Å². The first-order chi connectivity index (χ1) is 10.6. The summed E-state index contributed by atoms with van der Waals surface area (Å²) in [6, 6.07) is 7.74. The summed E-state index contributed by atoms with van der Waals surface area (Å²) in [6.07, 6.45) is 0.0773. The molecule has 0 aliphatic carbocycles. The molecule has 3 heterocycles. The van der Waals surface area contributed by atoms with Crippen LogP contribution < -0.4 is 11.1 Å². The molecule has 0 spiro atoms. The van der Waals surface area contributed by atoms with Crippen LogP contribution in [0.1, 0.15) is 15.4 Å². The van der Waals surface area contributed by atoms with Crippen molar-refractivity contribution in [3.05, 3.63) is 45.6 Å². The van der Waals surface area contributed by atoms with E-state index >= 15 is 0 Å². The van der Waals surface area contributed by atoms with E-state index in [1.807, 2.05) is 23.6 Å². The fourth-order valence-corrected chi connectivity index (χ4v) is 4.24. The number of thiazole rings is 1. The lowest BCUT2D eigenvalue weighted by atomic mass is 10.3. The van der Waals surface area contributed by atoms with Crippen LogP contribution in [0, 0.1) is 0 Å². The molecular formula is C14H11N3O2S3. The van der Waals surface area contributed by atoms with Gasteiger partial charge in [-0.1, -0.05) is 6.07 Å². The first-order valence-electron chi connectivity index (χ1n) is 6.29. The van der Waals surface area contributed by atoms with Gasteiger partial charge in [0.25, 0.3) is 5.91 Å². The van der Waals surface area contributed by atoms with Crippen molar-refractivity contribution in [2.75, 3.05) is 5.32 Å². The van der Waals surface area contributed by atoms with E-state index in [4.69, 9.17) is 5.73 Å². The lowest BCUT2D eigenvalue weighted by Gasteiger charge is -1.98. The lowest BCUT2D eigenvalue weighted by molar-refractivity contribution is -0.117. The first kappa shape index (κ1) is 14.9. The van der Waals surface area contributed by atoms with Gasteiger partial charge in [-0.3, -0.25) is 14.9 Å². The SMILES string of the molecule is NC(=O)Cc1csc(NC(=O)c2ccc(-c3cccs3)s2)n1. The molecule has 0 fully saturated rings. The second kappa shape index (κ2) is 6.39. The number of anilines is 1. The summed E-state index contributed by atoms with van der Waals surface area (Å²) < 4.78 is 0. The van der Waals surface area contributed by atoms with Crippen molar-refractivity contribution in [2.45, 2.75) is 6.42 Å². The minimum Gasteiger partial charge on any atom is -0.369 e.